The summed E-state index contributed by atoms with van der Waals surface area (Å²) in [5.41, 5.74) is 3.98. The Labute approximate surface area is 253 Å². The summed E-state index contributed by atoms with van der Waals surface area (Å²) in [7, 11) is 0. The van der Waals surface area contributed by atoms with Crippen LogP contribution >= 0.6 is 11.6 Å². The van der Waals surface area contributed by atoms with Crippen LogP contribution in [-0.4, -0.2) is 64.2 Å². The first kappa shape index (κ1) is 28.5. The second kappa shape index (κ2) is 13.6. The monoisotopic (exact) mass is 599 g/mol. The van der Waals surface area contributed by atoms with Crippen LogP contribution in [-0.2, 0) is 4.74 Å². The minimum absolute atomic E-state index is 0.293. The van der Waals surface area contributed by atoms with Gasteiger partial charge >= 0.3 is 0 Å². The van der Waals surface area contributed by atoms with Crippen molar-refractivity contribution in [1.29, 1.82) is 0 Å². The van der Waals surface area contributed by atoms with E-state index in [1.54, 1.807) is 18.3 Å². The number of hydrogen-bond acceptors (Lipinski definition) is 10. The molecule has 1 saturated heterocycles. The number of fused-ring (bicyclic) bond motifs is 1. The van der Waals surface area contributed by atoms with Crippen molar-refractivity contribution in [3.05, 3.63) is 89.8 Å². The third-order valence-corrected chi connectivity index (χ3v) is 7.11. The number of pyridine rings is 1. The summed E-state index contributed by atoms with van der Waals surface area (Å²) in [5.74, 6) is 0.710. The van der Waals surface area contributed by atoms with E-state index in [4.69, 9.17) is 16.3 Å². The summed E-state index contributed by atoms with van der Waals surface area (Å²) < 4.78 is 19.2. The quantitative estimate of drug-likeness (QED) is 0.124. The summed E-state index contributed by atoms with van der Waals surface area (Å²) in [6.45, 7) is 5.10. The Balaban J connectivity index is 1.15. The van der Waals surface area contributed by atoms with Gasteiger partial charge in [-0.1, -0.05) is 17.7 Å². The van der Waals surface area contributed by atoms with Gasteiger partial charge in [-0.3, -0.25) is 9.88 Å². The zero-order valence-corrected chi connectivity index (χ0v) is 24.1. The molecule has 4 N–H and O–H groups in total. The second-order valence-corrected chi connectivity index (χ2v) is 10.5. The van der Waals surface area contributed by atoms with Gasteiger partial charge in [-0.25, -0.2) is 4.39 Å². The largest absolute Gasteiger partial charge is 0.379 e. The SMILES string of the molecule is Fc1cccc(Nc2nc(NCCCN3CCOCC3)nc(Nc3ccc(Nc4ccnc5cc(Cl)ccc45)cc3)n2)c1. The number of halogens is 2. The van der Waals surface area contributed by atoms with Crippen molar-refractivity contribution in [3.63, 3.8) is 0 Å². The van der Waals surface area contributed by atoms with Crippen LogP contribution in [0.5, 0.6) is 0 Å². The first-order valence-electron chi connectivity index (χ1n) is 14.1. The fourth-order valence-electron chi connectivity index (χ4n) is 4.74. The molecule has 0 saturated carbocycles. The molecule has 0 radical (unpaired) electrons. The summed E-state index contributed by atoms with van der Waals surface area (Å²) in [4.78, 5) is 20.4. The predicted molar refractivity (Wildman–Crippen MR) is 170 cm³/mol. The lowest BCUT2D eigenvalue weighted by Gasteiger charge is -2.26. The molecule has 3 heterocycles. The van der Waals surface area contributed by atoms with Gasteiger partial charge in [0.05, 0.1) is 18.7 Å². The maximum Gasteiger partial charge on any atom is 0.233 e. The number of morpholine rings is 1. The van der Waals surface area contributed by atoms with Gasteiger partial charge in [0.1, 0.15) is 5.82 Å². The fraction of sp³-hybridized carbons (Fsp3) is 0.226. The normalized spacial score (nSPS) is 13.5. The Bertz CT molecular complexity index is 1680. The van der Waals surface area contributed by atoms with E-state index in [2.05, 4.69) is 46.1 Å². The molecule has 220 valence electrons. The first-order chi connectivity index (χ1) is 21.1. The van der Waals surface area contributed by atoms with Gasteiger partial charge in [0.15, 0.2) is 0 Å². The Hall–Kier alpha value is -4.58. The lowest BCUT2D eigenvalue weighted by atomic mass is 10.2. The topological polar surface area (TPSA) is 112 Å². The minimum Gasteiger partial charge on any atom is -0.379 e. The van der Waals surface area contributed by atoms with Crippen molar-refractivity contribution in [2.75, 3.05) is 60.7 Å². The van der Waals surface area contributed by atoms with Crippen LogP contribution in [0.4, 0.5) is 45.0 Å². The number of aromatic nitrogens is 4. The van der Waals surface area contributed by atoms with Crippen LogP contribution in [0.25, 0.3) is 10.9 Å². The highest BCUT2D eigenvalue weighted by Crippen LogP contribution is 2.28. The lowest BCUT2D eigenvalue weighted by Crippen LogP contribution is -2.37. The van der Waals surface area contributed by atoms with Crippen LogP contribution in [0, 0.1) is 5.82 Å². The highest BCUT2D eigenvalue weighted by atomic mass is 35.5. The smallest absolute Gasteiger partial charge is 0.233 e. The van der Waals surface area contributed by atoms with E-state index >= 15 is 0 Å². The molecular weight excluding hydrogens is 569 g/mol. The van der Waals surface area contributed by atoms with Crippen molar-refractivity contribution < 1.29 is 9.13 Å². The van der Waals surface area contributed by atoms with Crippen molar-refractivity contribution in [3.8, 4) is 0 Å². The van der Waals surface area contributed by atoms with Crippen molar-refractivity contribution >= 4 is 63.1 Å². The van der Waals surface area contributed by atoms with Gasteiger partial charge in [0, 0.05) is 59.0 Å². The molecule has 0 bridgehead atoms. The molecule has 1 fully saturated rings. The Kier molecular flexibility index (Phi) is 9.02. The highest BCUT2D eigenvalue weighted by Gasteiger charge is 2.11. The average Bonchev–Trinajstić information content (AvgIpc) is 3.01. The maximum atomic E-state index is 13.8. The zero-order chi connectivity index (χ0) is 29.4. The maximum absolute atomic E-state index is 13.8. The molecule has 3 aromatic carbocycles. The van der Waals surface area contributed by atoms with E-state index in [1.165, 1.54) is 12.1 Å². The first-order valence-corrected chi connectivity index (χ1v) is 14.5. The van der Waals surface area contributed by atoms with Crippen LogP contribution in [0.2, 0.25) is 5.02 Å². The van der Waals surface area contributed by atoms with Crippen LogP contribution < -0.4 is 21.3 Å². The van der Waals surface area contributed by atoms with Gasteiger partial charge in [0.2, 0.25) is 17.8 Å². The lowest BCUT2D eigenvalue weighted by molar-refractivity contribution is 0.0378. The Morgan fingerprint density at radius 3 is 2.28 bits per heavy atom. The van der Waals surface area contributed by atoms with E-state index in [9.17, 15) is 4.39 Å². The molecule has 43 heavy (non-hydrogen) atoms. The molecule has 6 rings (SSSR count). The van der Waals surface area contributed by atoms with Crippen LogP contribution in [0.1, 0.15) is 6.42 Å². The van der Waals surface area contributed by atoms with Gasteiger partial charge in [-0.05, 0) is 79.7 Å². The summed E-state index contributed by atoms with van der Waals surface area (Å²) >= 11 is 6.13. The molecule has 0 atom stereocenters. The van der Waals surface area contributed by atoms with Crippen molar-refractivity contribution in [2.45, 2.75) is 6.42 Å². The molecule has 0 aliphatic carbocycles. The zero-order valence-electron chi connectivity index (χ0n) is 23.4. The van der Waals surface area contributed by atoms with Gasteiger partial charge < -0.3 is 26.0 Å². The van der Waals surface area contributed by atoms with E-state index < -0.39 is 0 Å². The molecule has 1 aliphatic heterocycles. The van der Waals surface area contributed by atoms with E-state index in [-0.39, 0.29) is 5.82 Å². The van der Waals surface area contributed by atoms with Gasteiger partial charge in [0.25, 0.3) is 0 Å². The average molecular weight is 600 g/mol. The van der Waals surface area contributed by atoms with E-state index in [0.717, 1.165) is 67.2 Å². The number of ether oxygens (including phenoxy) is 1. The number of benzene rings is 3. The Morgan fingerprint density at radius 2 is 1.51 bits per heavy atom. The van der Waals surface area contributed by atoms with Gasteiger partial charge in [-0.2, -0.15) is 15.0 Å². The second-order valence-electron chi connectivity index (χ2n) is 10.0. The molecule has 0 amide bonds. The van der Waals surface area contributed by atoms with Crippen LogP contribution in [0.15, 0.2) is 79.0 Å². The number of nitrogens with zero attached hydrogens (tertiary/aromatic N) is 5. The number of hydrogen-bond donors (Lipinski definition) is 4. The van der Waals surface area contributed by atoms with E-state index in [1.807, 2.05) is 48.5 Å². The predicted octanol–water partition coefficient (Wildman–Crippen LogP) is 6.58. The molecule has 12 heteroatoms. The van der Waals surface area contributed by atoms with Crippen molar-refractivity contribution in [1.82, 2.24) is 24.8 Å². The molecule has 10 nitrogen and oxygen atoms in total. The standard InChI is InChI=1S/C31H31ClFN9O/c32-21-5-10-26-27(11-13-34-28(26)19-21)36-23-6-8-24(9-7-23)37-30-39-29(35-12-2-14-42-15-17-43-18-16-42)40-31(41-30)38-25-4-1-3-22(33)20-25/h1,3-11,13,19-20H,2,12,14-18H2,(H,34,36)(H3,35,37,38,39,40,41). The summed E-state index contributed by atoms with van der Waals surface area (Å²) in [6.07, 6.45) is 2.68. The summed E-state index contributed by atoms with van der Waals surface area (Å²) in [6, 6.07) is 21.5. The summed E-state index contributed by atoms with van der Waals surface area (Å²) in [5, 5.41) is 14.7. The third kappa shape index (κ3) is 7.83. The molecule has 1 aliphatic rings. The van der Waals surface area contributed by atoms with Gasteiger partial charge in [-0.15, -0.1) is 0 Å². The third-order valence-electron chi connectivity index (χ3n) is 6.88. The Morgan fingerprint density at radius 1 is 0.791 bits per heavy atom. The minimum atomic E-state index is -0.351. The highest BCUT2D eigenvalue weighted by molar-refractivity contribution is 6.31. The number of rotatable bonds is 11. The number of nitrogens with one attached hydrogen (secondary N) is 4. The molecule has 0 spiro atoms. The molecule has 2 aromatic heterocycles. The molecular formula is C31H31ClFN9O. The molecule has 0 unspecified atom stereocenters. The van der Waals surface area contributed by atoms with Crippen molar-refractivity contribution in [2.24, 2.45) is 0 Å². The number of anilines is 7. The van der Waals surface area contributed by atoms with E-state index in [0.29, 0.717) is 35.1 Å². The van der Waals surface area contributed by atoms with Crippen LogP contribution in [0.3, 0.4) is 0 Å². The fourth-order valence-corrected chi connectivity index (χ4v) is 4.91. The molecule has 5 aromatic rings.